The van der Waals surface area contributed by atoms with Crippen LogP contribution in [0.15, 0.2) is 85.4 Å². The molecule has 0 spiro atoms. The summed E-state index contributed by atoms with van der Waals surface area (Å²) in [5.74, 6) is 0.340. The van der Waals surface area contributed by atoms with Crippen molar-refractivity contribution in [2.45, 2.75) is 20.4 Å². The molecule has 0 saturated carbocycles. The van der Waals surface area contributed by atoms with Crippen molar-refractivity contribution < 1.29 is 18.5 Å². The van der Waals surface area contributed by atoms with Gasteiger partial charge >= 0.3 is 5.63 Å². The van der Waals surface area contributed by atoms with Crippen molar-refractivity contribution in [1.82, 2.24) is 0 Å². The Balaban J connectivity index is 1.57. The Morgan fingerprint density at radius 2 is 1.57 bits per heavy atom. The predicted octanol–water partition coefficient (Wildman–Crippen LogP) is 4.59. The number of aryl methyl sites for hydroxylation is 3. The van der Waals surface area contributed by atoms with Gasteiger partial charge in [0.1, 0.15) is 24.0 Å². The number of rotatable bonds is 3. The van der Waals surface area contributed by atoms with Gasteiger partial charge in [-0.1, -0.05) is 24.3 Å². The van der Waals surface area contributed by atoms with Crippen LogP contribution < -0.4 is 15.3 Å². The van der Waals surface area contributed by atoms with E-state index in [-0.39, 0.29) is 12.4 Å². The maximum absolute atomic E-state index is 13.6. The number of para-hydroxylation sites is 2. The minimum atomic E-state index is -0.421. The molecule has 172 valence electrons. The van der Waals surface area contributed by atoms with Gasteiger partial charge in [-0.25, -0.2) is 4.79 Å². The molecule has 6 nitrogen and oxygen atoms in total. The average Bonchev–Trinajstić information content (AvgIpc) is 3.18. The highest BCUT2D eigenvalue weighted by Gasteiger charge is 2.19. The molecule has 0 bridgehead atoms. The molecule has 6 rings (SSSR count). The fourth-order valence-electron chi connectivity index (χ4n) is 5.02. The van der Waals surface area contributed by atoms with Crippen LogP contribution in [-0.4, -0.2) is 5.90 Å². The quantitative estimate of drug-likeness (QED) is 0.127. The van der Waals surface area contributed by atoms with Crippen molar-refractivity contribution in [2.24, 2.45) is 12.0 Å². The number of hydrogen-bond acceptors (Lipinski definition) is 5. The van der Waals surface area contributed by atoms with E-state index < -0.39 is 5.63 Å². The molecule has 0 atom stereocenters. The van der Waals surface area contributed by atoms with Gasteiger partial charge in [0.2, 0.25) is 11.0 Å². The van der Waals surface area contributed by atoms with Gasteiger partial charge in [0.15, 0.2) is 0 Å². The number of benzene rings is 3. The largest absolute Gasteiger partial charge is 0.858 e. The fourth-order valence-corrected chi connectivity index (χ4v) is 5.02. The third-order valence-electron chi connectivity index (χ3n) is 6.74. The van der Waals surface area contributed by atoms with E-state index in [0.717, 1.165) is 38.3 Å². The lowest BCUT2D eigenvalue weighted by molar-refractivity contribution is -0.617. The lowest BCUT2D eigenvalue weighted by atomic mass is 10.0. The Labute approximate surface area is 200 Å². The van der Waals surface area contributed by atoms with Crippen molar-refractivity contribution in [3.8, 4) is 0 Å². The monoisotopic (exact) mass is 462 g/mol. The van der Waals surface area contributed by atoms with E-state index in [9.17, 15) is 9.90 Å². The van der Waals surface area contributed by atoms with Crippen LogP contribution in [0.5, 0.6) is 0 Å². The summed E-state index contributed by atoms with van der Waals surface area (Å²) in [5, 5.41) is 16.8. The van der Waals surface area contributed by atoms with E-state index in [0.29, 0.717) is 27.9 Å². The Morgan fingerprint density at radius 3 is 2.26 bits per heavy atom. The normalized spacial score (nSPS) is 12.4. The molecular formula is C29H22N2O4. The van der Waals surface area contributed by atoms with E-state index in [1.165, 1.54) is 6.07 Å². The van der Waals surface area contributed by atoms with Crippen LogP contribution in [0.2, 0.25) is 0 Å². The Hall–Kier alpha value is -4.45. The van der Waals surface area contributed by atoms with Crippen LogP contribution in [0.4, 0.5) is 0 Å². The fraction of sp³-hybridized carbons (Fsp3) is 0.138. The molecule has 0 N–H and O–H groups in total. The molecule has 0 fully saturated rings. The summed E-state index contributed by atoms with van der Waals surface area (Å²) in [6.45, 7) is 3.82. The smallest absolute Gasteiger partial charge is 0.336 e. The number of hydrogen-bond donors (Lipinski definition) is 0. The van der Waals surface area contributed by atoms with E-state index in [4.69, 9.17) is 8.83 Å². The molecule has 0 aliphatic rings. The molecule has 6 aromatic rings. The van der Waals surface area contributed by atoms with Crippen LogP contribution in [0.3, 0.4) is 0 Å². The number of nitrogens with zero attached hydrogens (tertiary/aromatic N) is 2. The van der Waals surface area contributed by atoms with E-state index in [1.807, 2.05) is 81.6 Å². The molecule has 3 aromatic carbocycles. The van der Waals surface area contributed by atoms with Crippen molar-refractivity contribution in [1.29, 1.82) is 0 Å². The summed E-state index contributed by atoms with van der Waals surface area (Å²) in [5.41, 5.74) is 4.70. The van der Waals surface area contributed by atoms with Gasteiger partial charge < -0.3 is 13.9 Å². The van der Waals surface area contributed by atoms with Crippen LogP contribution >= 0.6 is 0 Å². The number of aliphatic imine (C=N–C) groups is 1. The molecule has 6 heteroatoms. The first kappa shape index (κ1) is 21.1. The van der Waals surface area contributed by atoms with Gasteiger partial charge in [-0.2, -0.15) is 4.57 Å². The second-order valence-corrected chi connectivity index (χ2v) is 8.79. The topological polar surface area (TPSA) is 82.6 Å². The molecule has 0 aliphatic carbocycles. The van der Waals surface area contributed by atoms with E-state index >= 15 is 0 Å². The highest BCUT2D eigenvalue weighted by Crippen LogP contribution is 2.34. The van der Waals surface area contributed by atoms with E-state index in [2.05, 4.69) is 9.56 Å². The lowest BCUT2D eigenvalue weighted by Crippen LogP contribution is -2.32. The second-order valence-electron chi connectivity index (χ2n) is 8.79. The third-order valence-corrected chi connectivity index (χ3v) is 6.74. The molecule has 3 heterocycles. The van der Waals surface area contributed by atoms with Gasteiger partial charge in [0.25, 0.3) is 0 Å². The summed E-state index contributed by atoms with van der Waals surface area (Å²) >= 11 is 0. The van der Waals surface area contributed by atoms with Gasteiger partial charge in [-0.15, -0.1) is 0 Å². The second kappa shape index (κ2) is 7.81. The Bertz CT molecular complexity index is 1840. The van der Waals surface area contributed by atoms with Crippen LogP contribution in [0, 0.1) is 13.8 Å². The Morgan fingerprint density at radius 1 is 0.914 bits per heavy atom. The number of pyridine rings is 1. The zero-order valence-electron chi connectivity index (χ0n) is 19.6. The number of fused-ring (bicyclic) bond motifs is 5. The van der Waals surface area contributed by atoms with Gasteiger partial charge in [0, 0.05) is 34.7 Å². The predicted molar refractivity (Wildman–Crippen MR) is 135 cm³/mol. The molecular weight excluding hydrogens is 440 g/mol. The summed E-state index contributed by atoms with van der Waals surface area (Å²) in [7, 11) is 2.00. The minimum Gasteiger partial charge on any atom is -0.858 e. The first-order chi connectivity index (χ1) is 16.9. The van der Waals surface area contributed by atoms with Crippen LogP contribution in [0.25, 0.3) is 43.7 Å². The summed E-state index contributed by atoms with van der Waals surface area (Å²) in [6.07, 6.45) is 0. The van der Waals surface area contributed by atoms with Gasteiger partial charge in [-0.05, 0) is 49.6 Å². The number of aromatic nitrogens is 1. The zero-order valence-corrected chi connectivity index (χ0v) is 19.6. The maximum Gasteiger partial charge on any atom is 0.336 e. The van der Waals surface area contributed by atoms with Crippen LogP contribution in [0.1, 0.15) is 22.5 Å². The average molecular weight is 463 g/mol. The summed E-state index contributed by atoms with van der Waals surface area (Å²) < 4.78 is 13.6. The SMILES string of the molecule is Cc1oc2ccc3c(C)cc(=O)oc3c2c1CN=C([O-])c1c2ccccc2[n+](C)c2ccccc12. The molecule has 35 heavy (non-hydrogen) atoms. The highest BCUT2D eigenvalue weighted by molar-refractivity contribution is 6.13. The first-order valence-electron chi connectivity index (χ1n) is 11.4. The lowest BCUT2D eigenvalue weighted by Gasteiger charge is -2.16. The van der Waals surface area contributed by atoms with Crippen LogP contribution in [-0.2, 0) is 13.6 Å². The molecule has 0 aliphatic heterocycles. The molecule has 0 saturated heterocycles. The van der Waals surface area contributed by atoms with Crippen molar-refractivity contribution in [3.05, 3.63) is 99.6 Å². The molecule has 3 aromatic heterocycles. The van der Waals surface area contributed by atoms with E-state index in [1.54, 1.807) is 0 Å². The highest BCUT2D eigenvalue weighted by atomic mass is 16.4. The van der Waals surface area contributed by atoms with Gasteiger partial charge in [-0.3, -0.25) is 4.99 Å². The standard InChI is InChI=1S/C29H22N2O4/c1-16-14-25(32)35-28-18(16)12-13-24-27(28)21(17(2)34-24)15-30-29(33)26-19-8-4-6-10-22(19)31(3)23-11-7-5-9-20(23)26/h4-14H,15H2,1-3H3. The van der Waals surface area contributed by atoms with Crippen molar-refractivity contribution in [3.63, 3.8) is 0 Å². The third kappa shape index (κ3) is 3.21. The maximum atomic E-state index is 13.6. The molecule has 0 unspecified atom stereocenters. The first-order valence-corrected chi connectivity index (χ1v) is 11.4. The summed E-state index contributed by atoms with van der Waals surface area (Å²) in [4.78, 5) is 16.6. The summed E-state index contributed by atoms with van der Waals surface area (Å²) in [6, 6.07) is 20.9. The zero-order chi connectivity index (χ0) is 24.3. The Kier molecular flexibility index (Phi) is 4.71. The van der Waals surface area contributed by atoms with Crippen molar-refractivity contribution in [2.75, 3.05) is 0 Å². The minimum absolute atomic E-state index is 0.109. The molecule has 0 amide bonds. The number of furan rings is 1. The molecule has 0 radical (unpaired) electrons. The van der Waals surface area contributed by atoms with Gasteiger partial charge in [0.05, 0.1) is 22.7 Å². The van der Waals surface area contributed by atoms with Crippen molar-refractivity contribution >= 4 is 49.6 Å².